The third kappa shape index (κ3) is 5.47. The van der Waals surface area contributed by atoms with Crippen molar-refractivity contribution in [2.45, 2.75) is 25.3 Å². The van der Waals surface area contributed by atoms with Gasteiger partial charge in [0.1, 0.15) is 0 Å². The number of ether oxygens (including phenoxy) is 2. The van der Waals surface area contributed by atoms with Crippen molar-refractivity contribution >= 4 is 27.3 Å². The fourth-order valence-electron chi connectivity index (χ4n) is 3.72. The Morgan fingerprint density at radius 1 is 1.12 bits per heavy atom. The van der Waals surface area contributed by atoms with Gasteiger partial charge in [-0.05, 0) is 49.7 Å². The molecule has 0 aromatic heterocycles. The number of benzene rings is 2. The zero-order valence-electron chi connectivity index (χ0n) is 18.8. The van der Waals surface area contributed by atoms with Crippen LogP contribution in [0.4, 0.5) is 11.4 Å². The lowest BCUT2D eigenvalue weighted by molar-refractivity contribution is 0.0730. The topological polar surface area (TPSA) is 88.2 Å². The van der Waals surface area contributed by atoms with Crippen LogP contribution >= 0.6 is 0 Å². The van der Waals surface area contributed by atoms with Crippen LogP contribution in [0.1, 0.15) is 29.8 Å². The van der Waals surface area contributed by atoms with Gasteiger partial charge >= 0.3 is 0 Å². The summed E-state index contributed by atoms with van der Waals surface area (Å²) in [7, 11) is -2.09. The number of nitrogens with zero attached hydrogens (tertiary/aromatic N) is 2. The van der Waals surface area contributed by atoms with Crippen molar-refractivity contribution in [3.05, 3.63) is 53.6 Å². The summed E-state index contributed by atoms with van der Waals surface area (Å²) in [5.41, 5.74) is 2.60. The predicted molar refractivity (Wildman–Crippen MR) is 125 cm³/mol. The fraction of sp³-hybridized carbons (Fsp3) is 0.435. The van der Waals surface area contributed by atoms with E-state index >= 15 is 0 Å². The molecule has 0 aliphatic carbocycles. The normalized spacial score (nSPS) is 14.8. The summed E-state index contributed by atoms with van der Waals surface area (Å²) in [6.07, 6.45) is 0. The summed E-state index contributed by atoms with van der Waals surface area (Å²) >= 11 is 0. The van der Waals surface area contributed by atoms with Gasteiger partial charge in [0.15, 0.2) is 0 Å². The second-order valence-electron chi connectivity index (χ2n) is 7.46. The Morgan fingerprint density at radius 3 is 2.50 bits per heavy atom. The van der Waals surface area contributed by atoms with Gasteiger partial charge in [-0.1, -0.05) is 12.1 Å². The minimum absolute atomic E-state index is 0.152. The Balaban J connectivity index is 1.96. The fourth-order valence-corrected chi connectivity index (χ4v) is 5.15. The molecule has 1 heterocycles. The molecule has 1 aliphatic rings. The van der Waals surface area contributed by atoms with Crippen LogP contribution in [-0.2, 0) is 26.1 Å². The molecule has 0 radical (unpaired) electrons. The minimum atomic E-state index is -3.69. The summed E-state index contributed by atoms with van der Waals surface area (Å²) in [4.78, 5) is 15.3. The highest BCUT2D eigenvalue weighted by atomic mass is 32.2. The maximum absolute atomic E-state index is 13.2. The van der Waals surface area contributed by atoms with Crippen LogP contribution < -0.4 is 10.2 Å². The van der Waals surface area contributed by atoms with E-state index in [4.69, 9.17) is 9.47 Å². The highest BCUT2D eigenvalue weighted by molar-refractivity contribution is 7.89. The summed E-state index contributed by atoms with van der Waals surface area (Å²) < 4.78 is 38.2. The van der Waals surface area contributed by atoms with Crippen LogP contribution in [0.25, 0.3) is 0 Å². The van der Waals surface area contributed by atoms with Crippen molar-refractivity contribution in [2.24, 2.45) is 0 Å². The summed E-state index contributed by atoms with van der Waals surface area (Å²) in [6, 6.07) is 12.1. The molecule has 1 amide bonds. The number of carbonyl (C=O) groups is 1. The van der Waals surface area contributed by atoms with Crippen LogP contribution in [-0.4, -0.2) is 65.1 Å². The van der Waals surface area contributed by atoms with E-state index in [-0.39, 0.29) is 10.8 Å². The smallest absolute Gasteiger partial charge is 0.255 e. The van der Waals surface area contributed by atoms with Gasteiger partial charge in [0.2, 0.25) is 10.0 Å². The van der Waals surface area contributed by atoms with Gasteiger partial charge < -0.3 is 19.7 Å². The second kappa shape index (κ2) is 10.9. The first-order valence-corrected chi connectivity index (χ1v) is 12.2. The first kappa shape index (κ1) is 24.2. The van der Waals surface area contributed by atoms with Gasteiger partial charge in [-0.15, -0.1) is 0 Å². The number of rotatable bonds is 9. The number of hydrogen-bond acceptors (Lipinski definition) is 6. The summed E-state index contributed by atoms with van der Waals surface area (Å²) in [6.45, 7) is 7.25. The quantitative estimate of drug-likeness (QED) is 0.618. The molecule has 0 saturated carbocycles. The van der Waals surface area contributed by atoms with Crippen LogP contribution in [0.15, 0.2) is 47.4 Å². The molecule has 32 heavy (non-hydrogen) atoms. The predicted octanol–water partition coefficient (Wildman–Crippen LogP) is 2.95. The summed E-state index contributed by atoms with van der Waals surface area (Å²) in [5.74, 6) is -0.308. The van der Waals surface area contributed by atoms with Crippen LogP contribution in [0.2, 0.25) is 0 Å². The molecule has 2 aromatic carbocycles. The lowest BCUT2D eigenvalue weighted by atomic mass is 10.1. The molecule has 1 aliphatic heterocycles. The lowest BCUT2D eigenvalue weighted by Gasteiger charge is -2.28. The maximum atomic E-state index is 13.2. The second-order valence-corrected chi connectivity index (χ2v) is 9.39. The monoisotopic (exact) mass is 461 g/mol. The van der Waals surface area contributed by atoms with Crippen molar-refractivity contribution in [1.29, 1.82) is 0 Å². The maximum Gasteiger partial charge on any atom is 0.255 e. The number of nitrogens with one attached hydrogen (secondary N) is 1. The first-order valence-electron chi connectivity index (χ1n) is 10.8. The Hall–Kier alpha value is -2.46. The van der Waals surface area contributed by atoms with Crippen LogP contribution in [0, 0.1) is 0 Å². The van der Waals surface area contributed by atoms with Crippen molar-refractivity contribution in [2.75, 3.05) is 56.7 Å². The van der Waals surface area contributed by atoms with Crippen LogP contribution in [0.5, 0.6) is 0 Å². The molecular weight excluding hydrogens is 430 g/mol. The average molecular weight is 462 g/mol. The van der Waals surface area contributed by atoms with Crippen molar-refractivity contribution in [3.63, 3.8) is 0 Å². The van der Waals surface area contributed by atoms with E-state index < -0.39 is 10.0 Å². The number of sulfonamides is 1. The van der Waals surface area contributed by atoms with E-state index in [1.54, 1.807) is 43.5 Å². The third-order valence-electron chi connectivity index (χ3n) is 5.43. The Labute approximate surface area is 190 Å². The molecule has 8 nitrogen and oxygen atoms in total. The molecule has 1 saturated heterocycles. The van der Waals surface area contributed by atoms with Gasteiger partial charge in [0, 0.05) is 38.9 Å². The Bertz CT molecular complexity index is 1030. The third-order valence-corrected chi connectivity index (χ3v) is 7.32. The highest BCUT2D eigenvalue weighted by Gasteiger charge is 2.27. The molecule has 1 N–H and O–H groups in total. The molecule has 174 valence electrons. The van der Waals surface area contributed by atoms with Gasteiger partial charge in [-0.25, -0.2) is 8.42 Å². The van der Waals surface area contributed by atoms with Crippen LogP contribution in [0.3, 0.4) is 0 Å². The first-order chi connectivity index (χ1) is 15.4. The lowest BCUT2D eigenvalue weighted by Crippen LogP contribution is -2.40. The highest BCUT2D eigenvalue weighted by Crippen LogP contribution is 2.31. The number of anilines is 2. The Morgan fingerprint density at radius 2 is 1.84 bits per heavy atom. The Kier molecular flexibility index (Phi) is 8.25. The van der Waals surface area contributed by atoms with E-state index in [0.717, 1.165) is 24.3 Å². The largest absolute Gasteiger partial charge is 0.380 e. The standard InChI is InChI=1S/C23H31N3O5S/c1-4-25(5-2)22-10-9-20(32(28,29)26-11-13-31-14-12-26)16-21(22)24-23(27)19-8-6-7-18(15-19)17-30-3/h6-10,15-16H,4-5,11-14,17H2,1-3H3,(H,24,27). The van der Waals surface area contributed by atoms with Gasteiger partial charge in [-0.3, -0.25) is 4.79 Å². The molecule has 0 atom stereocenters. The van der Waals surface area contributed by atoms with Crippen molar-refractivity contribution < 1.29 is 22.7 Å². The molecule has 3 rings (SSSR count). The van der Waals surface area contributed by atoms with E-state index in [1.165, 1.54) is 4.31 Å². The minimum Gasteiger partial charge on any atom is -0.380 e. The molecule has 1 fully saturated rings. The number of carbonyl (C=O) groups excluding carboxylic acids is 1. The number of morpholine rings is 1. The molecule has 0 bridgehead atoms. The number of amides is 1. The average Bonchev–Trinajstić information content (AvgIpc) is 2.81. The zero-order chi connectivity index (χ0) is 23.1. The molecule has 2 aromatic rings. The molecule has 0 spiro atoms. The molecule has 0 unspecified atom stereocenters. The van der Waals surface area contributed by atoms with Crippen molar-refractivity contribution in [1.82, 2.24) is 4.31 Å². The van der Waals surface area contributed by atoms with Gasteiger partial charge in [-0.2, -0.15) is 4.31 Å². The molecule has 9 heteroatoms. The van der Waals surface area contributed by atoms with E-state index in [2.05, 4.69) is 10.2 Å². The molecular formula is C23H31N3O5S. The van der Waals surface area contributed by atoms with E-state index in [9.17, 15) is 13.2 Å². The zero-order valence-corrected chi connectivity index (χ0v) is 19.7. The van der Waals surface area contributed by atoms with E-state index in [1.807, 2.05) is 19.9 Å². The summed E-state index contributed by atoms with van der Waals surface area (Å²) in [5, 5.41) is 2.93. The van der Waals surface area contributed by atoms with Crippen molar-refractivity contribution in [3.8, 4) is 0 Å². The van der Waals surface area contributed by atoms with E-state index in [0.29, 0.717) is 44.2 Å². The number of methoxy groups -OCH3 is 1. The van der Waals surface area contributed by atoms with Gasteiger partial charge in [0.05, 0.1) is 36.1 Å². The number of hydrogen-bond donors (Lipinski definition) is 1. The SMILES string of the molecule is CCN(CC)c1ccc(S(=O)(=O)N2CCOCC2)cc1NC(=O)c1cccc(COC)c1. The van der Waals surface area contributed by atoms with Gasteiger partial charge in [0.25, 0.3) is 5.91 Å².